The van der Waals surface area contributed by atoms with Crippen molar-refractivity contribution >= 4 is 35.0 Å². The summed E-state index contributed by atoms with van der Waals surface area (Å²) in [5.74, 6) is -0.697. The molecule has 0 fully saturated rings. The van der Waals surface area contributed by atoms with E-state index >= 15 is 0 Å². The summed E-state index contributed by atoms with van der Waals surface area (Å²) in [5, 5.41) is 0.927. The van der Waals surface area contributed by atoms with Gasteiger partial charge < -0.3 is 9.15 Å². The first-order valence-electron chi connectivity index (χ1n) is 9.42. The van der Waals surface area contributed by atoms with E-state index in [0.717, 1.165) is 11.1 Å². The van der Waals surface area contributed by atoms with Crippen molar-refractivity contribution in [1.29, 1.82) is 0 Å². The van der Waals surface area contributed by atoms with Gasteiger partial charge in [-0.2, -0.15) is 0 Å². The second-order valence-corrected chi connectivity index (χ2v) is 7.57. The van der Waals surface area contributed by atoms with E-state index in [0.29, 0.717) is 26.9 Å². The quantitative estimate of drug-likeness (QED) is 0.235. The van der Waals surface area contributed by atoms with Gasteiger partial charge in [0.1, 0.15) is 5.76 Å². The Morgan fingerprint density at radius 1 is 0.806 bits per heavy atom. The van der Waals surface area contributed by atoms with E-state index in [9.17, 15) is 9.59 Å². The van der Waals surface area contributed by atoms with E-state index in [2.05, 4.69) is 0 Å². The van der Waals surface area contributed by atoms with Crippen LogP contribution in [0.2, 0.25) is 10.0 Å². The fourth-order valence-corrected chi connectivity index (χ4v) is 3.43. The zero-order valence-electron chi connectivity index (χ0n) is 16.2. The molecule has 0 aliphatic heterocycles. The van der Waals surface area contributed by atoms with Crippen molar-refractivity contribution in [1.82, 2.24) is 0 Å². The number of hydrogen-bond donors (Lipinski definition) is 0. The van der Waals surface area contributed by atoms with Gasteiger partial charge in [0.15, 0.2) is 12.4 Å². The first-order valence-corrected chi connectivity index (χ1v) is 10.2. The molecule has 0 unspecified atom stereocenters. The zero-order valence-corrected chi connectivity index (χ0v) is 17.7. The molecule has 1 aromatic heterocycles. The van der Waals surface area contributed by atoms with Crippen LogP contribution in [0.5, 0.6) is 0 Å². The minimum Gasteiger partial charge on any atom is -0.451 e. The Kier molecular flexibility index (Phi) is 6.21. The summed E-state index contributed by atoms with van der Waals surface area (Å²) in [7, 11) is 0. The van der Waals surface area contributed by atoms with Crippen LogP contribution in [0.15, 0.2) is 89.3 Å². The lowest BCUT2D eigenvalue weighted by molar-refractivity contribution is 0.0445. The third-order valence-corrected chi connectivity index (χ3v) is 5.21. The summed E-state index contributed by atoms with van der Waals surface area (Å²) in [6.07, 6.45) is 0. The maximum absolute atomic E-state index is 12.4. The van der Waals surface area contributed by atoms with Crippen LogP contribution in [-0.4, -0.2) is 18.4 Å². The topological polar surface area (TPSA) is 56.5 Å². The number of ketones is 1. The standard InChI is InChI=1S/C25H16Cl2O4/c26-19-10-11-21(27)20(14-19)23-12-13-24(31-23)25(29)30-15-22(28)18-8-6-17(7-9-18)16-4-2-1-3-5-16/h1-14H,15H2. The highest BCUT2D eigenvalue weighted by Crippen LogP contribution is 2.32. The summed E-state index contributed by atoms with van der Waals surface area (Å²) in [4.78, 5) is 24.7. The minimum absolute atomic E-state index is 0.0294. The molecule has 0 radical (unpaired) electrons. The fourth-order valence-electron chi connectivity index (χ4n) is 3.04. The van der Waals surface area contributed by atoms with Crippen LogP contribution >= 0.6 is 23.2 Å². The lowest BCUT2D eigenvalue weighted by atomic mass is 10.0. The molecule has 0 amide bonds. The van der Waals surface area contributed by atoms with Gasteiger partial charge in [0.05, 0.1) is 5.02 Å². The summed E-state index contributed by atoms with van der Waals surface area (Å²) in [6, 6.07) is 25.0. The number of Topliss-reactive ketones (excluding diaryl/α,β-unsaturated/α-hetero) is 1. The lowest BCUT2D eigenvalue weighted by Gasteiger charge is -2.05. The molecule has 154 valence electrons. The Hall–Kier alpha value is -3.34. The molecule has 0 bridgehead atoms. The van der Waals surface area contributed by atoms with Gasteiger partial charge in [0.25, 0.3) is 0 Å². The number of benzene rings is 3. The van der Waals surface area contributed by atoms with Crippen LogP contribution in [0, 0.1) is 0 Å². The van der Waals surface area contributed by atoms with Crippen LogP contribution < -0.4 is 0 Å². The van der Waals surface area contributed by atoms with Crippen LogP contribution in [0.4, 0.5) is 0 Å². The monoisotopic (exact) mass is 450 g/mol. The molecule has 4 aromatic rings. The first kappa shape index (κ1) is 20.9. The Bertz CT molecular complexity index is 1230. The summed E-state index contributed by atoms with van der Waals surface area (Å²) < 4.78 is 10.7. The van der Waals surface area contributed by atoms with Crippen molar-refractivity contribution in [2.24, 2.45) is 0 Å². The summed E-state index contributed by atoms with van der Waals surface area (Å²) >= 11 is 12.2. The highest BCUT2D eigenvalue weighted by Gasteiger charge is 2.17. The Morgan fingerprint density at radius 2 is 1.52 bits per heavy atom. The minimum atomic E-state index is -0.737. The van der Waals surface area contributed by atoms with Crippen molar-refractivity contribution < 1.29 is 18.7 Å². The summed E-state index contributed by atoms with van der Waals surface area (Å²) in [5.41, 5.74) is 3.07. The average molecular weight is 451 g/mol. The van der Waals surface area contributed by atoms with Crippen LogP contribution in [0.3, 0.4) is 0 Å². The predicted molar refractivity (Wildman–Crippen MR) is 121 cm³/mol. The van der Waals surface area contributed by atoms with Gasteiger partial charge >= 0.3 is 5.97 Å². The highest BCUT2D eigenvalue weighted by atomic mass is 35.5. The molecule has 4 rings (SSSR count). The molecule has 1 heterocycles. The molecule has 0 N–H and O–H groups in total. The lowest BCUT2D eigenvalue weighted by Crippen LogP contribution is -2.13. The fraction of sp³-hybridized carbons (Fsp3) is 0.0400. The van der Waals surface area contributed by atoms with Crippen molar-refractivity contribution in [2.75, 3.05) is 6.61 Å². The molecule has 6 heteroatoms. The number of carbonyl (C=O) groups is 2. The van der Waals surface area contributed by atoms with Crippen LogP contribution in [0.1, 0.15) is 20.9 Å². The number of furan rings is 1. The Balaban J connectivity index is 1.39. The second-order valence-electron chi connectivity index (χ2n) is 6.73. The van der Waals surface area contributed by atoms with Gasteiger partial charge in [-0.05, 0) is 41.5 Å². The SMILES string of the molecule is O=C(COC(=O)c1ccc(-c2cc(Cl)ccc2Cl)o1)c1ccc(-c2ccccc2)cc1. The summed E-state index contributed by atoms with van der Waals surface area (Å²) in [6.45, 7) is -0.391. The zero-order chi connectivity index (χ0) is 21.8. The Morgan fingerprint density at radius 3 is 2.26 bits per heavy atom. The number of ether oxygens (including phenoxy) is 1. The highest BCUT2D eigenvalue weighted by molar-refractivity contribution is 6.35. The van der Waals surface area contributed by atoms with E-state index in [4.69, 9.17) is 32.4 Å². The first-order chi connectivity index (χ1) is 15.0. The molecule has 0 atom stereocenters. The van der Waals surface area contributed by atoms with Crippen LogP contribution in [0.25, 0.3) is 22.5 Å². The smallest absolute Gasteiger partial charge is 0.374 e. The van der Waals surface area contributed by atoms with Gasteiger partial charge in [0, 0.05) is 16.1 Å². The number of rotatable bonds is 6. The predicted octanol–water partition coefficient (Wildman–Crippen LogP) is 6.96. The van der Waals surface area contributed by atoms with E-state index in [-0.39, 0.29) is 11.5 Å². The maximum Gasteiger partial charge on any atom is 0.374 e. The van der Waals surface area contributed by atoms with E-state index in [1.807, 2.05) is 42.5 Å². The molecule has 0 saturated heterocycles. The molecular weight excluding hydrogens is 435 g/mol. The maximum atomic E-state index is 12.4. The Labute approximate surface area is 189 Å². The molecule has 0 aliphatic rings. The van der Waals surface area contributed by atoms with E-state index < -0.39 is 12.6 Å². The third-order valence-electron chi connectivity index (χ3n) is 4.65. The number of hydrogen-bond acceptors (Lipinski definition) is 4. The van der Waals surface area contributed by atoms with Crippen molar-refractivity contribution in [3.05, 3.63) is 106 Å². The van der Waals surface area contributed by atoms with E-state index in [1.54, 1.807) is 36.4 Å². The normalized spacial score (nSPS) is 10.6. The van der Waals surface area contributed by atoms with Crippen molar-refractivity contribution in [3.63, 3.8) is 0 Å². The number of carbonyl (C=O) groups excluding carboxylic acids is 2. The third kappa shape index (κ3) is 4.88. The molecule has 0 saturated carbocycles. The molecule has 4 nitrogen and oxygen atoms in total. The van der Waals surface area contributed by atoms with E-state index in [1.165, 1.54) is 6.07 Å². The van der Waals surface area contributed by atoms with Gasteiger partial charge in [-0.3, -0.25) is 4.79 Å². The number of esters is 1. The van der Waals surface area contributed by atoms with Gasteiger partial charge in [-0.15, -0.1) is 0 Å². The van der Waals surface area contributed by atoms with Gasteiger partial charge in [-0.1, -0.05) is 77.8 Å². The van der Waals surface area contributed by atoms with Gasteiger partial charge in [0.2, 0.25) is 5.76 Å². The molecule has 31 heavy (non-hydrogen) atoms. The number of halogens is 2. The molecule has 0 spiro atoms. The van der Waals surface area contributed by atoms with Gasteiger partial charge in [-0.25, -0.2) is 4.79 Å². The van der Waals surface area contributed by atoms with Crippen molar-refractivity contribution in [3.8, 4) is 22.5 Å². The molecular formula is C25H16Cl2O4. The van der Waals surface area contributed by atoms with Crippen molar-refractivity contribution in [2.45, 2.75) is 0 Å². The molecule has 0 aliphatic carbocycles. The largest absolute Gasteiger partial charge is 0.451 e. The second kappa shape index (κ2) is 9.21. The average Bonchev–Trinajstić information content (AvgIpc) is 3.30. The molecule has 3 aromatic carbocycles. The van der Waals surface area contributed by atoms with Crippen LogP contribution in [-0.2, 0) is 4.74 Å².